The fourth-order valence-corrected chi connectivity index (χ4v) is 4.60. The van der Waals surface area contributed by atoms with E-state index in [-0.39, 0.29) is 11.2 Å². The van der Waals surface area contributed by atoms with Crippen LogP contribution >= 0.6 is 50.2 Å². The Morgan fingerprint density at radius 2 is 2.00 bits per heavy atom. The molecule has 3 aromatic rings. The second-order valence-corrected chi connectivity index (χ2v) is 7.19. The summed E-state index contributed by atoms with van der Waals surface area (Å²) >= 11 is 13.0. The van der Waals surface area contributed by atoms with Crippen LogP contribution in [0.15, 0.2) is 40.2 Å². The summed E-state index contributed by atoms with van der Waals surface area (Å²) in [6.07, 6.45) is 0. The maximum absolute atomic E-state index is 13.2. The van der Waals surface area contributed by atoms with Gasteiger partial charge in [0, 0.05) is 14.3 Å². The summed E-state index contributed by atoms with van der Waals surface area (Å²) < 4.78 is 16.1. The van der Waals surface area contributed by atoms with Gasteiger partial charge in [0.25, 0.3) is 0 Å². The van der Waals surface area contributed by atoms with Crippen LogP contribution in [0.1, 0.15) is 15.8 Å². The molecule has 92 valence electrons. The van der Waals surface area contributed by atoms with Gasteiger partial charge in [-0.1, -0.05) is 6.07 Å². The third kappa shape index (κ3) is 2.23. The third-order valence-corrected chi connectivity index (χ3v) is 6.03. The average Bonchev–Trinajstić information content (AvgIpc) is 2.92. The molecular formula is C13H7BrClFS2. The van der Waals surface area contributed by atoms with Crippen LogP contribution in [0.3, 0.4) is 0 Å². The molecule has 0 amide bonds. The minimum absolute atomic E-state index is 0.230. The van der Waals surface area contributed by atoms with Crippen molar-refractivity contribution in [1.29, 1.82) is 0 Å². The number of alkyl halides is 1. The lowest BCUT2D eigenvalue weighted by atomic mass is 10.1. The van der Waals surface area contributed by atoms with Crippen molar-refractivity contribution in [2.24, 2.45) is 0 Å². The Kier molecular flexibility index (Phi) is 3.45. The molecule has 0 saturated carbocycles. The Hall–Kier alpha value is -0.420. The van der Waals surface area contributed by atoms with E-state index in [4.69, 9.17) is 11.6 Å². The zero-order valence-corrected chi connectivity index (χ0v) is 13.0. The highest BCUT2D eigenvalue weighted by Crippen LogP contribution is 2.39. The first kappa shape index (κ1) is 12.6. The Morgan fingerprint density at radius 3 is 2.72 bits per heavy atom. The number of hydrogen-bond donors (Lipinski definition) is 0. The van der Waals surface area contributed by atoms with Gasteiger partial charge >= 0.3 is 0 Å². The van der Waals surface area contributed by atoms with Crippen LogP contribution in [-0.2, 0) is 0 Å². The molecule has 0 aliphatic heterocycles. The number of fused-ring (bicyclic) bond motifs is 1. The Bertz CT molecular complexity index is 675. The van der Waals surface area contributed by atoms with Crippen LogP contribution in [-0.4, -0.2) is 0 Å². The van der Waals surface area contributed by atoms with Crippen LogP contribution < -0.4 is 0 Å². The third-order valence-electron chi connectivity index (χ3n) is 2.64. The van der Waals surface area contributed by atoms with Gasteiger partial charge in [0.2, 0.25) is 0 Å². The number of halogens is 3. The molecule has 3 rings (SSSR count). The van der Waals surface area contributed by atoms with Crippen molar-refractivity contribution in [3.8, 4) is 0 Å². The fraction of sp³-hybridized carbons (Fsp3) is 0.0769. The van der Waals surface area contributed by atoms with Crippen LogP contribution in [0, 0.1) is 5.82 Å². The molecule has 1 unspecified atom stereocenters. The quantitative estimate of drug-likeness (QED) is 0.477. The standard InChI is InChI=1S/C13H7BrClFS2/c14-8-5-7(1-2-9(8)16)13(15)12-6-11-10(18-12)3-4-17-11/h1-6,13H. The molecule has 18 heavy (non-hydrogen) atoms. The second kappa shape index (κ2) is 4.93. The van der Waals surface area contributed by atoms with E-state index in [1.54, 1.807) is 34.8 Å². The van der Waals surface area contributed by atoms with E-state index >= 15 is 0 Å². The maximum atomic E-state index is 13.2. The van der Waals surface area contributed by atoms with Crippen molar-refractivity contribution in [3.63, 3.8) is 0 Å². The van der Waals surface area contributed by atoms with Crippen LogP contribution in [0.5, 0.6) is 0 Å². The van der Waals surface area contributed by atoms with Crippen LogP contribution in [0.4, 0.5) is 4.39 Å². The van der Waals surface area contributed by atoms with E-state index in [9.17, 15) is 4.39 Å². The lowest BCUT2D eigenvalue weighted by Gasteiger charge is -2.08. The summed E-state index contributed by atoms with van der Waals surface area (Å²) in [6, 6.07) is 9.11. The minimum atomic E-state index is -0.269. The number of benzene rings is 1. The highest BCUT2D eigenvalue weighted by atomic mass is 79.9. The molecule has 0 spiro atoms. The van der Waals surface area contributed by atoms with Crippen molar-refractivity contribution < 1.29 is 4.39 Å². The zero-order chi connectivity index (χ0) is 12.7. The Balaban J connectivity index is 2.00. The van der Waals surface area contributed by atoms with E-state index in [1.165, 1.54) is 15.5 Å². The predicted molar refractivity (Wildman–Crippen MR) is 81.5 cm³/mol. The number of hydrogen-bond acceptors (Lipinski definition) is 2. The molecule has 0 saturated heterocycles. The van der Waals surface area contributed by atoms with Gasteiger partial charge in [0.15, 0.2) is 0 Å². The molecule has 1 aromatic carbocycles. The van der Waals surface area contributed by atoms with Crippen molar-refractivity contribution >= 4 is 59.6 Å². The van der Waals surface area contributed by atoms with E-state index < -0.39 is 0 Å². The molecule has 0 N–H and O–H groups in total. The number of thiophene rings is 2. The molecule has 2 aromatic heterocycles. The maximum Gasteiger partial charge on any atom is 0.137 e. The number of rotatable bonds is 2. The highest BCUT2D eigenvalue weighted by Gasteiger charge is 2.15. The lowest BCUT2D eigenvalue weighted by molar-refractivity contribution is 0.620. The van der Waals surface area contributed by atoms with Crippen molar-refractivity contribution in [3.05, 3.63) is 56.4 Å². The molecule has 0 nitrogen and oxygen atoms in total. The van der Waals surface area contributed by atoms with Gasteiger partial charge in [-0.3, -0.25) is 0 Å². The van der Waals surface area contributed by atoms with Crippen LogP contribution in [0.25, 0.3) is 9.40 Å². The molecule has 0 radical (unpaired) electrons. The smallest absolute Gasteiger partial charge is 0.137 e. The summed E-state index contributed by atoms with van der Waals surface area (Å²) in [7, 11) is 0. The molecule has 0 aliphatic carbocycles. The van der Waals surface area contributed by atoms with E-state index in [0.717, 1.165) is 10.4 Å². The second-order valence-electron chi connectivity index (χ2n) is 3.83. The van der Waals surface area contributed by atoms with E-state index in [0.29, 0.717) is 4.47 Å². The summed E-state index contributed by atoms with van der Waals surface area (Å²) in [5, 5.41) is 1.84. The summed E-state index contributed by atoms with van der Waals surface area (Å²) in [6.45, 7) is 0. The van der Waals surface area contributed by atoms with Crippen molar-refractivity contribution in [1.82, 2.24) is 0 Å². The van der Waals surface area contributed by atoms with Gasteiger partial charge in [0.05, 0.1) is 9.85 Å². The molecule has 0 fully saturated rings. The van der Waals surface area contributed by atoms with Crippen molar-refractivity contribution in [2.45, 2.75) is 5.38 Å². The van der Waals surface area contributed by atoms with Gasteiger partial charge in [-0.15, -0.1) is 34.3 Å². The largest absolute Gasteiger partial charge is 0.206 e. The summed E-state index contributed by atoms with van der Waals surface area (Å²) in [5.74, 6) is -0.269. The molecule has 0 aliphatic rings. The molecular weight excluding hydrogens is 355 g/mol. The van der Waals surface area contributed by atoms with Gasteiger partial charge in [0.1, 0.15) is 5.82 Å². The first-order valence-electron chi connectivity index (χ1n) is 5.21. The first-order chi connectivity index (χ1) is 8.65. The van der Waals surface area contributed by atoms with Gasteiger partial charge < -0.3 is 0 Å². The minimum Gasteiger partial charge on any atom is -0.206 e. The Labute approximate surface area is 125 Å². The average molecular weight is 362 g/mol. The highest BCUT2D eigenvalue weighted by molar-refractivity contribution is 9.10. The Morgan fingerprint density at radius 1 is 1.17 bits per heavy atom. The van der Waals surface area contributed by atoms with Gasteiger partial charge in [-0.2, -0.15) is 0 Å². The SMILES string of the molecule is Fc1ccc(C(Cl)c2cc3sccc3s2)cc1Br. The lowest BCUT2D eigenvalue weighted by Crippen LogP contribution is -1.91. The molecule has 1 atom stereocenters. The molecule has 2 heterocycles. The fourth-order valence-electron chi connectivity index (χ4n) is 1.74. The van der Waals surface area contributed by atoms with E-state index in [1.807, 2.05) is 0 Å². The topological polar surface area (TPSA) is 0 Å². The summed E-state index contributed by atoms with van der Waals surface area (Å²) in [5.41, 5.74) is 0.902. The molecule has 0 bridgehead atoms. The van der Waals surface area contributed by atoms with E-state index in [2.05, 4.69) is 33.4 Å². The molecule has 5 heteroatoms. The van der Waals surface area contributed by atoms with Crippen LogP contribution in [0.2, 0.25) is 0 Å². The summed E-state index contributed by atoms with van der Waals surface area (Å²) in [4.78, 5) is 1.09. The van der Waals surface area contributed by atoms with Gasteiger partial charge in [-0.25, -0.2) is 4.39 Å². The first-order valence-corrected chi connectivity index (χ1v) is 8.13. The van der Waals surface area contributed by atoms with Gasteiger partial charge in [-0.05, 0) is 51.1 Å². The zero-order valence-electron chi connectivity index (χ0n) is 8.99. The van der Waals surface area contributed by atoms with Crippen molar-refractivity contribution in [2.75, 3.05) is 0 Å². The normalized spacial score (nSPS) is 13.1. The monoisotopic (exact) mass is 360 g/mol. The predicted octanol–water partition coefficient (Wildman–Crippen LogP) is 6.19.